The van der Waals surface area contributed by atoms with Gasteiger partial charge in [0.1, 0.15) is 12.4 Å². The van der Waals surface area contributed by atoms with Crippen molar-refractivity contribution in [3.63, 3.8) is 0 Å². The summed E-state index contributed by atoms with van der Waals surface area (Å²) in [7, 11) is 1.62. The molecule has 2 aliphatic rings. The van der Waals surface area contributed by atoms with Crippen LogP contribution in [-0.2, 0) is 19.0 Å². The number of hydrogen-bond acceptors (Lipinski definition) is 6. The third kappa shape index (κ3) is 4.49. The Hall–Kier alpha value is -0.530. The van der Waals surface area contributed by atoms with Crippen LogP contribution in [0.1, 0.15) is 27.7 Å². The first kappa shape index (κ1) is 19.5. The molecule has 0 radical (unpaired) electrons. The molecular weight excluding hydrogens is 288 g/mol. The summed E-state index contributed by atoms with van der Waals surface area (Å²) < 4.78 is 15.8. The van der Waals surface area contributed by atoms with Crippen LogP contribution in [0, 0.1) is 17.8 Å². The minimum atomic E-state index is -0.500. The molecule has 0 spiro atoms. The van der Waals surface area contributed by atoms with Crippen molar-refractivity contribution in [2.75, 3.05) is 20.3 Å². The Balaban J connectivity index is 0.000000224. The molecule has 0 aromatic carbocycles. The molecule has 2 aliphatic heterocycles. The lowest BCUT2D eigenvalue weighted by molar-refractivity contribution is -0.114. The summed E-state index contributed by atoms with van der Waals surface area (Å²) in [5.41, 5.74) is 0. The lowest BCUT2D eigenvalue weighted by Gasteiger charge is -2.13. The standard InChI is InChI=1S/C9H16O3.C7H14O3/c1-6-7(2)12-9(5-11-3)8(6)4-10;1-4-5(2)10-6(3-8)7(4)9/h4,6-9H,5H2,1-3H3;4-9H,3H2,1-2H3. The van der Waals surface area contributed by atoms with Crippen LogP contribution in [0.3, 0.4) is 0 Å². The van der Waals surface area contributed by atoms with E-state index < -0.39 is 6.10 Å². The zero-order valence-electron chi connectivity index (χ0n) is 14.1. The predicted octanol–water partition coefficient (Wildman–Crippen LogP) is 0.634. The minimum absolute atomic E-state index is 0.0000463. The van der Waals surface area contributed by atoms with Gasteiger partial charge in [0.25, 0.3) is 0 Å². The van der Waals surface area contributed by atoms with Gasteiger partial charge >= 0.3 is 0 Å². The molecule has 0 aliphatic carbocycles. The number of methoxy groups -OCH3 is 1. The van der Waals surface area contributed by atoms with Crippen LogP contribution >= 0.6 is 0 Å². The number of aliphatic hydroxyl groups excluding tert-OH is 2. The summed E-state index contributed by atoms with van der Waals surface area (Å²) >= 11 is 0. The Morgan fingerprint density at radius 2 is 1.59 bits per heavy atom. The van der Waals surface area contributed by atoms with E-state index >= 15 is 0 Å². The quantitative estimate of drug-likeness (QED) is 0.740. The summed E-state index contributed by atoms with van der Waals surface area (Å²) in [4.78, 5) is 10.7. The summed E-state index contributed by atoms with van der Waals surface area (Å²) in [5.74, 6) is 0.444. The van der Waals surface area contributed by atoms with E-state index in [0.29, 0.717) is 12.5 Å². The monoisotopic (exact) mass is 318 g/mol. The molecule has 2 heterocycles. The maximum Gasteiger partial charge on any atom is 0.126 e. The van der Waals surface area contributed by atoms with E-state index in [1.54, 1.807) is 7.11 Å². The highest BCUT2D eigenvalue weighted by molar-refractivity contribution is 5.55. The molecular formula is C16H30O6. The molecule has 8 unspecified atom stereocenters. The van der Waals surface area contributed by atoms with Gasteiger partial charge in [-0.1, -0.05) is 13.8 Å². The lowest BCUT2D eigenvalue weighted by Crippen LogP contribution is -2.28. The molecule has 22 heavy (non-hydrogen) atoms. The van der Waals surface area contributed by atoms with Crippen molar-refractivity contribution >= 4 is 6.29 Å². The van der Waals surface area contributed by atoms with E-state index in [4.69, 9.17) is 19.3 Å². The molecule has 0 saturated carbocycles. The average molecular weight is 318 g/mol. The van der Waals surface area contributed by atoms with Crippen LogP contribution in [-0.4, -0.2) is 67.3 Å². The first-order chi connectivity index (χ1) is 10.4. The average Bonchev–Trinajstić information content (AvgIpc) is 2.91. The second-order valence-electron chi connectivity index (χ2n) is 6.32. The third-order valence-corrected chi connectivity index (χ3v) is 4.88. The van der Waals surface area contributed by atoms with Gasteiger partial charge in [0, 0.05) is 18.9 Å². The Bertz CT molecular complexity index is 337. The van der Waals surface area contributed by atoms with Crippen molar-refractivity contribution in [1.82, 2.24) is 0 Å². The van der Waals surface area contributed by atoms with Crippen molar-refractivity contribution in [2.24, 2.45) is 17.8 Å². The number of hydrogen-bond donors (Lipinski definition) is 2. The number of carbonyl (C=O) groups is 1. The maximum atomic E-state index is 10.7. The molecule has 8 atom stereocenters. The van der Waals surface area contributed by atoms with Gasteiger partial charge in [0.15, 0.2) is 0 Å². The minimum Gasteiger partial charge on any atom is -0.394 e. The van der Waals surface area contributed by atoms with E-state index in [-0.39, 0.29) is 42.9 Å². The fourth-order valence-electron chi connectivity index (χ4n) is 2.92. The second kappa shape index (κ2) is 8.93. The number of aldehydes is 1. The van der Waals surface area contributed by atoms with E-state index in [9.17, 15) is 9.90 Å². The summed E-state index contributed by atoms with van der Waals surface area (Å²) in [6, 6.07) is 0. The fraction of sp³-hybridized carbons (Fsp3) is 0.938. The van der Waals surface area contributed by atoms with Gasteiger partial charge in [0.2, 0.25) is 0 Å². The molecule has 0 amide bonds. The van der Waals surface area contributed by atoms with Gasteiger partial charge in [-0.15, -0.1) is 0 Å². The summed E-state index contributed by atoms with van der Waals surface area (Å²) in [5, 5.41) is 18.0. The molecule has 2 fully saturated rings. The van der Waals surface area contributed by atoms with Gasteiger partial charge in [-0.05, 0) is 19.8 Å². The van der Waals surface area contributed by atoms with Crippen molar-refractivity contribution < 1.29 is 29.2 Å². The van der Waals surface area contributed by atoms with Crippen molar-refractivity contribution in [2.45, 2.75) is 58.2 Å². The van der Waals surface area contributed by atoms with Crippen LogP contribution in [0.5, 0.6) is 0 Å². The molecule has 2 N–H and O–H groups in total. The van der Waals surface area contributed by atoms with Crippen molar-refractivity contribution in [3.05, 3.63) is 0 Å². The molecule has 2 rings (SSSR count). The van der Waals surface area contributed by atoms with Crippen molar-refractivity contribution in [1.29, 1.82) is 0 Å². The van der Waals surface area contributed by atoms with Crippen LogP contribution < -0.4 is 0 Å². The first-order valence-electron chi connectivity index (χ1n) is 7.91. The molecule has 0 bridgehead atoms. The van der Waals surface area contributed by atoms with E-state index in [1.807, 2.05) is 27.7 Å². The zero-order chi connectivity index (χ0) is 16.9. The first-order valence-corrected chi connectivity index (χ1v) is 7.91. The number of ether oxygens (including phenoxy) is 3. The van der Waals surface area contributed by atoms with E-state index in [0.717, 1.165) is 6.29 Å². The highest BCUT2D eigenvalue weighted by Gasteiger charge is 2.39. The van der Waals surface area contributed by atoms with Gasteiger partial charge < -0.3 is 29.2 Å². The largest absolute Gasteiger partial charge is 0.394 e. The second-order valence-corrected chi connectivity index (χ2v) is 6.32. The fourth-order valence-corrected chi connectivity index (χ4v) is 2.92. The van der Waals surface area contributed by atoms with Crippen LogP contribution in [0.4, 0.5) is 0 Å². The smallest absolute Gasteiger partial charge is 0.126 e. The molecule has 2 saturated heterocycles. The van der Waals surface area contributed by atoms with Gasteiger partial charge in [-0.3, -0.25) is 0 Å². The summed E-state index contributed by atoms with van der Waals surface area (Å²) in [6.07, 6.45) is 0.299. The number of rotatable bonds is 4. The van der Waals surface area contributed by atoms with Crippen LogP contribution in [0.2, 0.25) is 0 Å². The molecule has 0 aromatic heterocycles. The summed E-state index contributed by atoms with van der Waals surface area (Å²) in [6.45, 7) is 8.29. The Kier molecular flexibility index (Phi) is 7.93. The molecule has 130 valence electrons. The SMILES string of the molecule is CC1OC(CO)C(O)C1C.COCC1OC(C)C(C)C1C=O. The highest BCUT2D eigenvalue weighted by atomic mass is 16.5. The highest BCUT2D eigenvalue weighted by Crippen LogP contribution is 2.30. The number of carbonyl (C=O) groups excluding carboxylic acids is 1. The zero-order valence-corrected chi connectivity index (χ0v) is 14.1. The molecule has 6 heteroatoms. The van der Waals surface area contributed by atoms with E-state index in [2.05, 4.69) is 0 Å². The van der Waals surface area contributed by atoms with Gasteiger partial charge in [-0.25, -0.2) is 0 Å². The number of aliphatic hydroxyl groups is 2. The Labute approximate surface area is 132 Å². The van der Waals surface area contributed by atoms with Gasteiger partial charge in [-0.2, -0.15) is 0 Å². The maximum absolute atomic E-state index is 10.7. The van der Waals surface area contributed by atoms with E-state index in [1.165, 1.54) is 0 Å². The molecule has 6 nitrogen and oxygen atoms in total. The Morgan fingerprint density at radius 3 is 1.95 bits per heavy atom. The van der Waals surface area contributed by atoms with Crippen LogP contribution in [0.15, 0.2) is 0 Å². The van der Waals surface area contributed by atoms with Gasteiger partial charge in [0.05, 0.1) is 37.6 Å². The normalized spacial score (nSPS) is 44.5. The Morgan fingerprint density at radius 1 is 1.05 bits per heavy atom. The predicted molar refractivity (Wildman–Crippen MR) is 81.5 cm³/mol. The lowest BCUT2D eigenvalue weighted by atomic mass is 9.91. The molecule has 0 aromatic rings. The third-order valence-electron chi connectivity index (χ3n) is 4.88. The topological polar surface area (TPSA) is 85.2 Å². The van der Waals surface area contributed by atoms with Crippen LogP contribution in [0.25, 0.3) is 0 Å². The van der Waals surface area contributed by atoms with Crippen molar-refractivity contribution in [3.8, 4) is 0 Å².